The van der Waals surface area contributed by atoms with Gasteiger partial charge in [0.1, 0.15) is 0 Å². The predicted octanol–water partition coefficient (Wildman–Crippen LogP) is 1.99. The average Bonchev–Trinajstić information content (AvgIpc) is 2.50. The van der Waals surface area contributed by atoms with Crippen molar-refractivity contribution in [2.75, 3.05) is 36.8 Å². The smallest absolute Gasteiger partial charge is 0.0543 e. The lowest BCUT2D eigenvalue weighted by atomic mass is 10.2. The molecule has 0 amide bonds. The van der Waals surface area contributed by atoms with Crippen molar-refractivity contribution in [3.63, 3.8) is 0 Å². The molecule has 1 aliphatic rings. The number of anilines is 2. The molecule has 2 N–H and O–H groups in total. The summed E-state index contributed by atoms with van der Waals surface area (Å²) in [7, 11) is 0. The van der Waals surface area contributed by atoms with Crippen molar-refractivity contribution in [2.24, 2.45) is 0 Å². The third-order valence-corrected chi connectivity index (χ3v) is 3.74. The minimum atomic E-state index is 0.822. The molecule has 1 aliphatic heterocycles. The first-order chi connectivity index (χ1) is 9.81. The lowest BCUT2D eigenvalue weighted by Gasteiger charge is -2.36. The maximum absolute atomic E-state index is 5.73. The highest BCUT2D eigenvalue weighted by atomic mass is 15.3. The summed E-state index contributed by atoms with van der Waals surface area (Å²) < 4.78 is 0. The maximum Gasteiger partial charge on any atom is 0.0543 e. The molecule has 3 rings (SSSR count). The molecule has 2 heterocycles. The molecule has 0 aliphatic carbocycles. The van der Waals surface area contributed by atoms with Gasteiger partial charge in [-0.3, -0.25) is 9.88 Å². The molecule has 20 heavy (non-hydrogen) atoms. The number of nitrogens with two attached hydrogens (primary N) is 1. The molecule has 2 aromatic rings. The lowest BCUT2D eigenvalue weighted by Crippen LogP contribution is -2.46. The Hall–Kier alpha value is -2.07. The Balaban J connectivity index is 1.55. The summed E-state index contributed by atoms with van der Waals surface area (Å²) in [6.45, 7) is 5.19. The highest BCUT2D eigenvalue weighted by Crippen LogP contribution is 2.18. The third-order valence-electron chi connectivity index (χ3n) is 3.74. The van der Waals surface area contributed by atoms with Gasteiger partial charge in [0.05, 0.1) is 5.69 Å². The molecule has 0 spiro atoms. The van der Waals surface area contributed by atoms with Gasteiger partial charge in [0, 0.05) is 50.3 Å². The van der Waals surface area contributed by atoms with E-state index in [9.17, 15) is 0 Å². The van der Waals surface area contributed by atoms with Crippen LogP contribution < -0.4 is 10.6 Å². The fraction of sp³-hybridized carbons (Fsp3) is 0.312. The maximum atomic E-state index is 5.73. The first-order valence-electron chi connectivity index (χ1n) is 7.04. The zero-order valence-corrected chi connectivity index (χ0v) is 11.6. The number of nitrogens with zero attached hydrogens (tertiary/aromatic N) is 3. The van der Waals surface area contributed by atoms with Crippen molar-refractivity contribution in [1.82, 2.24) is 9.88 Å². The summed E-state index contributed by atoms with van der Waals surface area (Å²) in [5.74, 6) is 0. The Morgan fingerprint density at radius 2 is 1.70 bits per heavy atom. The van der Waals surface area contributed by atoms with Crippen LogP contribution >= 0.6 is 0 Å². The van der Waals surface area contributed by atoms with E-state index in [0.717, 1.165) is 44.1 Å². The number of nitrogen functional groups attached to an aromatic ring is 1. The first kappa shape index (κ1) is 12.9. The zero-order valence-electron chi connectivity index (χ0n) is 11.6. The molecule has 4 heteroatoms. The molecule has 0 unspecified atom stereocenters. The third kappa shape index (κ3) is 3.08. The second kappa shape index (κ2) is 5.92. The van der Waals surface area contributed by atoms with Gasteiger partial charge in [-0.1, -0.05) is 6.07 Å². The molecule has 1 aromatic heterocycles. The van der Waals surface area contributed by atoms with E-state index in [2.05, 4.69) is 33.0 Å². The topological polar surface area (TPSA) is 45.4 Å². The number of rotatable bonds is 3. The average molecular weight is 268 g/mol. The summed E-state index contributed by atoms with van der Waals surface area (Å²) in [5.41, 5.74) is 8.96. The van der Waals surface area contributed by atoms with Crippen molar-refractivity contribution < 1.29 is 0 Å². The second-order valence-electron chi connectivity index (χ2n) is 5.18. The number of aromatic nitrogens is 1. The Bertz CT molecular complexity index is 530. The minimum absolute atomic E-state index is 0.822. The Morgan fingerprint density at radius 3 is 2.35 bits per heavy atom. The van der Waals surface area contributed by atoms with Crippen molar-refractivity contribution in [3.05, 3.63) is 54.4 Å². The molecule has 104 valence electrons. The van der Waals surface area contributed by atoms with Gasteiger partial charge in [-0.05, 0) is 36.4 Å². The molecule has 1 fully saturated rings. The molecule has 1 aromatic carbocycles. The van der Waals surface area contributed by atoms with Gasteiger partial charge in [0.2, 0.25) is 0 Å². The van der Waals surface area contributed by atoms with E-state index >= 15 is 0 Å². The van der Waals surface area contributed by atoms with Crippen LogP contribution in [0, 0.1) is 0 Å². The summed E-state index contributed by atoms with van der Waals surface area (Å²) >= 11 is 0. The van der Waals surface area contributed by atoms with Crippen LogP contribution in [0.1, 0.15) is 5.69 Å². The molecule has 0 bridgehead atoms. The Morgan fingerprint density at radius 1 is 0.950 bits per heavy atom. The van der Waals surface area contributed by atoms with E-state index in [0.29, 0.717) is 0 Å². The standard InChI is InChI=1S/C16H20N4/c17-14-4-6-16(7-5-14)20-11-9-19(10-12-20)13-15-3-1-2-8-18-15/h1-8H,9-13,17H2. The minimum Gasteiger partial charge on any atom is -0.399 e. The summed E-state index contributed by atoms with van der Waals surface area (Å²) in [6, 6.07) is 14.2. The normalized spacial score (nSPS) is 16.3. The second-order valence-corrected chi connectivity index (χ2v) is 5.18. The first-order valence-corrected chi connectivity index (χ1v) is 7.04. The van der Waals surface area contributed by atoms with Crippen LogP contribution in [0.3, 0.4) is 0 Å². The van der Waals surface area contributed by atoms with E-state index in [-0.39, 0.29) is 0 Å². The molecule has 0 atom stereocenters. The highest BCUT2D eigenvalue weighted by Gasteiger charge is 2.17. The predicted molar refractivity (Wildman–Crippen MR) is 82.6 cm³/mol. The fourth-order valence-electron chi connectivity index (χ4n) is 2.57. The van der Waals surface area contributed by atoms with E-state index < -0.39 is 0 Å². The van der Waals surface area contributed by atoms with Gasteiger partial charge in [-0.2, -0.15) is 0 Å². The van der Waals surface area contributed by atoms with E-state index in [4.69, 9.17) is 5.73 Å². The fourth-order valence-corrected chi connectivity index (χ4v) is 2.57. The lowest BCUT2D eigenvalue weighted by molar-refractivity contribution is 0.247. The van der Waals surface area contributed by atoms with Gasteiger partial charge in [0.25, 0.3) is 0 Å². The van der Waals surface area contributed by atoms with Gasteiger partial charge in [-0.15, -0.1) is 0 Å². The monoisotopic (exact) mass is 268 g/mol. The van der Waals surface area contributed by atoms with Crippen molar-refractivity contribution in [2.45, 2.75) is 6.54 Å². The molecule has 0 radical (unpaired) electrons. The van der Waals surface area contributed by atoms with Crippen molar-refractivity contribution in [3.8, 4) is 0 Å². The van der Waals surface area contributed by atoms with Gasteiger partial charge in [0.15, 0.2) is 0 Å². The van der Waals surface area contributed by atoms with Gasteiger partial charge < -0.3 is 10.6 Å². The van der Waals surface area contributed by atoms with Crippen LogP contribution in [0.4, 0.5) is 11.4 Å². The van der Waals surface area contributed by atoms with Crippen LogP contribution in [-0.2, 0) is 6.54 Å². The molecular formula is C16H20N4. The summed E-state index contributed by atoms with van der Waals surface area (Å²) in [6.07, 6.45) is 1.86. The van der Waals surface area contributed by atoms with E-state index in [1.54, 1.807) is 0 Å². The van der Waals surface area contributed by atoms with Crippen LogP contribution in [-0.4, -0.2) is 36.1 Å². The van der Waals surface area contributed by atoms with Crippen LogP contribution in [0.25, 0.3) is 0 Å². The van der Waals surface area contributed by atoms with E-state index in [1.165, 1.54) is 5.69 Å². The quantitative estimate of drug-likeness (QED) is 0.865. The number of piperazine rings is 1. The van der Waals surface area contributed by atoms with Gasteiger partial charge >= 0.3 is 0 Å². The van der Waals surface area contributed by atoms with Crippen molar-refractivity contribution >= 4 is 11.4 Å². The molecule has 4 nitrogen and oxygen atoms in total. The number of benzene rings is 1. The zero-order chi connectivity index (χ0) is 13.8. The highest BCUT2D eigenvalue weighted by molar-refractivity contribution is 5.53. The Labute approximate surface area is 119 Å². The number of hydrogen-bond donors (Lipinski definition) is 1. The van der Waals surface area contributed by atoms with Crippen molar-refractivity contribution in [1.29, 1.82) is 0 Å². The molecule has 0 saturated carbocycles. The van der Waals surface area contributed by atoms with E-state index in [1.807, 2.05) is 30.5 Å². The summed E-state index contributed by atoms with van der Waals surface area (Å²) in [4.78, 5) is 9.26. The molecular weight excluding hydrogens is 248 g/mol. The Kier molecular flexibility index (Phi) is 3.83. The van der Waals surface area contributed by atoms with Crippen LogP contribution in [0.2, 0.25) is 0 Å². The summed E-state index contributed by atoms with van der Waals surface area (Å²) in [5, 5.41) is 0. The van der Waals surface area contributed by atoms with Crippen LogP contribution in [0.15, 0.2) is 48.7 Å². The molecule has 1 saturated heterocycles. The van der Waals surface area contributed by atoms with Crippen LogP contribution in [0.5, 0.6) is 0 Å². The number of pyridine rings is 1. The SMILES string of the molecule is Nc1ccc(N2CCN(Cc3ccccn3)CC2)cc1. The van der Waals surface area contributed by atoms with Gasteiger partial charge in [-0.25, -0.2) is 0 Å². The number of hydrogen-bond acceptors (Lipinski definition) is 4. The largest absolute Gasteiger partial charge is 0.399 e.